The first-order valence-electron chi connectivity index (χ1n) is 6.49. The van der Waals surface area contributed by atoms with Crippen LogP contribution in [-0.2, 0) is 6.42 Å². The van der Waals surface area contributed by atoms with Crippen LogP contribution in [0.4, 0.5) is 5.95 Å². The maximum atomic E-state index is 5.27. The van der Waals surface area contributed by atoms with Gasteiger partial charge in [-0.25, -0.2) is 0 Å². The van der Waals surface area contributed by atoms with Gasteiger partial charge in [-0.05, 0) is 35.7 Å². The minimum Gasteiger partial charge on any atom is -0.349 e. The zero-order chi connectivity index (χ0) is 13.8. The van der Waals surface area contributed by atoms with E-state index in [2.05, 4.69) is 39.9 Å². The summed E-state index contributed by atoms with van der Waals surface area (Å²) in [4.78, 5) is 5.71. The molecule has 1 aromatic carbocycles. The van der Waals surface area contributed by atoms with Crippen molar-refractivity contribution in [3.05, 3.63) is 52.7 Å². The number of aromatic nitrogens is 2. The van der Waals surface area contributed by atoms with E-state index in [1.807, 2.05) is 30.3 Å². The summed E-state index contributed by atoms with van der Waals surface area (Å²) in [5.74, 6) is 1.07. The monoisotopic (exact) mass is 285 g/mol. The molecule has 0 radical (unpaired) electrons. The lowest BCUT2D eigenvalue weighted by Crippen LogP contribution is -2.18. The number of rotatable bonds is 5. The van der Waals surface area contributed by atoms with E-state index in [1.54, 1.807) is 11.3 Å². The third-order valence-electron chi connectivity index (χ3n) is 2.91. The summed E-state index contributed by atoms with van der Waals surface area (Å²) in [6, 6.07) is 14.2. The molecule has 2 heterocycles. The molecule has 0 amide bonds. The van der Waals surface area contributed by atoms with Crippen LogP contribution in [-0.4, -0.2) is 16.2 Å². The fourth-order valence-corrected chi connectivity index (χ4v) is 2.82. The minimum absolute atomic E-state index is 0.259. The Morgan fingerprint density at radius 1 is 1.20 bits per heavy atom. The Labute approximate surface area is 121 Å². The van der Waals surface area contributed by atoms with E-state index in [-0.39, 0.29) is 6.04 Å². The summed E-state index contributed by atoms with van der Waals surface area (Å²) in [6.07, 6.45) is 0.951. The van der Waals surface area contributed by atoms with Gasteiger partial charge in [-0.15, -0.1) is 11.3 Å². The standard InChI is InChI=1S/C15H15N3OS/c1-11(10-13-8-5-9-20-13)16-15-17-14(19-18-15)12-6-3-2-4-7-12/h2-9,11H,10H2,1H3,(H,16,18). The summed E-state index contributed by atoms with van der Waals surface area (Å²) in [6.45, 7) is 2.11. The minimum atomic E-state index is 0.259. The van der Waals surface area contributed by atoms with Crippen molar-refractivity contribution in [2.75, 3.05) is 5.32 Å². The lowest BCUT2D eigenvalue weighted by Gasteiger charge is -2.09. The van der Waals surface area contributed by atoms with Crippen LogP contribution >= 0.6 is 11.3 Å². The van der Waals surface area contributed by atoms with Crippen molar-refractivity contribution in [1.29, 1.82) is 0 Å². The van der Waals surface area contributed by atoms with Crippen molar-refractivity contribution in [1.82, 2.24) is 10.1 Å². The molecule has 1 N–H and O–H groups in total. The van der Waals surface area contributed by atoms with Crippen molar-refractivity contribution >= 4 is 17.3 Å². The van der Waals surface area contributed by atoms with Gasteiger partial charge in [0.05, 0.1) is 0 Å². The molecule has 1 unspecified atom stereocenters. The van der Waals surface area contributed by atoms with Gasteiger partial charge >= 0.3 is 0 Å². The molecule has 0 aliphatic rings. The number of nitrogens with one attached hydrogen (secondary N) is 1. The Hall–Kier alpha value is -2.14. The van der Waals surface area contributed by atoms with Crippen LogP contribution in [0.3, 0.4) is 0 Å². The maximum absolute atomic E-state index is 5.27. The zero-order valence-corrected chi connectivity index (χ0v) is 11.9. The van der Waals surface area contributed by atoms with E-state index in [0.717, 1.165) is 12.0 Å². The van der Waals surface area contributed by atoms with Gasteiger partial charge in [0.2, 0.25) is 0 Å². The summed E-state index contributed by atoms with van der Waals surface area (Å²) < 4.78 is 5.27. The van der Waals surface area contributed by atoms with Crippen molar-refractivity contribution in [2.24, 2.45) is 0 Å². The van der Waals surface area contributed by atoms with Gasteiger partial charge in [0.25, 0.3) is 11.8 Å². The van der Waals surface area contributed by atoms with Gasteiger partial charge in [-0.1, -0.05) is 24.3 Å². The third kappa shape index (κ3) is 3.05. The first-order chi connectivity index (χ1) is 9.81. The average molecular weight is 285 g/mol. The highest BCUT2D eigenvalue weighted by Gasteiger charge is 2.11. The summed E-state index contributed by atoms with van der Waals surface area (Å²) >= 11 is 1.76. The Kier molecular flexibility index (Phi) is 3.78. The van der Waals surface area contributed by atoms with Crippen molar-refractivity contribution in [3.8, 4) is 11.5 Å². The first-order valence-corrected chi connectivity index (χ1v) is 7.37. The van der Waals surface area contributed by atoms with Crippen LogP contribution in [0.2, 0.25) is 0 Å². The Balaban J connectivity index is 1.65. The molecule has 102 valence electrons. The lowest BCUT2D eigenvalue weighted by molar-refractivity contribution is 0.431. The summed E-state index contributed by atoms with van der Waals surface area (Å²) in [5, 5.41) is 9.32. The van der Waals surface area contributed by atoms with Crippen LogP contribution in [0.5, 0.6) is 0 Å². The van der Waals surface area contributed by atoms with Crippen LogP contribution < -0.4 is 5.32 Å². The highest BCUT2D eigenvalue weighted by atomic mass is 32.1. The number of thiophene rings is 1. The molecule has 1 atom stereocenters. The topological polar surface area (TPSA) is 51.0 Å². The molecule has 20 heavy (non-hydrogen) atoms. The van der Waals surface area contributed by atoms with E-state index in [9.17, 15) is 0 Å². The van der Waals surface area contributed by atoms with Crippen molar-refractivity contribution < 1.29 is 4.52 Å². The van der Waals surface area contributed by atoms with E-state index in [0.29, 0.717) is 11.8 Å². The highest BCUT2D eigenvalue weighted by molar-refractivity contribution is 7.09. The number of benzene rings is 1. The average Bonchev–Trinajstić information content (AvgIpc) is 3.11. The van der Waals surface area contributed by atoms with Gasteiger partial charge in [0.1, 0.15) is 0 Å². The molecule has 5 heteroatoms. The molecule has 0 spiro atoms. The molecule has 3 rings (SSSR count). The fraction of sp³-hybridized carbons (Fsp3) is 0.200. The van der Waals surface area contributed by atoms with Crippen LogP contribution in [0.25, 0.3) is 11.5 Å². The number of hydrogen-bond acceptors (Lipinski definition) is 5. The van der Waals surface area contributed by atoms with E-state index >= 15 is 0 Å². The molecule has 0 aliphatic carbocycles. The van der Waals surface area contributed by atoms with E-state index < -0.39 is 0 Å². The smallest absolute Gasteiger partial charge is 0.263 e. The molecule has 0 saturated heterocycles. The highest BCUT2D eigenvalue weighted by Crippen LogP contribution is 2.19. The van der Waals surface area contributed by atoms with Crippen LogP contribution in [0.1, 0.15) is 11.8 Å². The SMILES string of the molecule is CC(Cc1cccs1)Nc1noc(-c2ccccc2)n1. The number of hydrogen-bond donors (Lipinski definition) is 1. The molecule has 0 aliphatic heterocycles. The Bertz CT molecular complexity index is 649. The molecule has 3 aromatic rings. The third-order valence-corrected chi connectivity index (χ3v) is 3.81. The Morgan fingerprint density at radius 3 is 2.80 bits per heavy atom. The van der Waals surface area contributed by atoms with E-state index in [4.69, 9.17) is 4.52 Å². The predicted molar refractivity (Wildman–Crippen MR) is 80.8 cm³/mol. The predicted octanol–water partition coefficient (Wildman–Crippen LogP) is 3.84. The van der Waals surface area contributed by atoms with Crippen LogP contribution in [0, 0.1) is 0 Å². The van der Waals surface area contributed by atoms with Crippen molar-refractivity contribution in [3.63, 3.8) is 0 Å². The van der Waals surface area contributed by atoms with Gasteiger partial charge in [0.15, 0.2) is 0 Å². The second-order valence-electron chi connectivity index (χ2n) is 4.62. The summed E-state index contributed by atoms with van der Waals surface area (Å²) in [5.41, 5.74) is 0.930. The number of anilines is 1. The van der Waals surface area contributed by atoms with E-state index in [1.165, 1.54) is 4.88 Å². The maximum Gasteiger partial charge on any atom is 0.263 e. The van der Waals surface area contributed by atoms with Crippen molar-refractivity contribution in [2.45, 2.75) is 19.4 Å². The molecule has 2 aromatic heterocycles. The molecular weight excluding hydrogens is 270 g/mol. The zero-order valence-electron chi connectivity index (χ0n) is 11.1. The van der Waals surface area contributed by atoms with Crippen LogP contribution in [0.15, 0.2) is 52.4 Å². The quantitative estimate of drug-likeness (QED) is 0.773. The molecular formula is C15H15N3OS. The fourth-order valence-electron chi connectivity index (χ4n) is 1.98. The largest absolute Gasteiger partial charge is 0.349 e. The van der Waals surface area contributed by atoms with Gasteiger partial charge in [0, 0.05) is 22.9 Å². The van der Waals surface area contributed by atoms with Gasteiger partial charge < -0.3 is 9.84 Å². The number of nitrogens with zero attached hydrogens (tertiary/aromatic N) is 2. The molecule has 0 fully saturated rings. The first kappa shape index (κ1) is 12.9. The molecule has 0 saturated carbocycles. The lowest BCUT2D eigenvalue weighted by atomic mass is 10.2. The molecule has 0 bridgehead atoms. The summed E-state index contributed by atoms with van der Waals surface area (Å²) in [7, 11) is 0. The molecule has 4 nitrogen and oxygen atoms in total. The van der Waals surface area contributed by atoms with Gasteiger partial charge in [-0.2, -0.15) is 4.98 Å². The van der Waals surface area contributed by atoms with Gasteiger partial charge in [-0.3, -0.25) is 0 Å². The Morgan fingerprint density at radius 2 is 2.05 bits per heavy atom. The second-order valence-corrected chi connectivity index (χ2v) is 5.65. The second kappa shape index (κ2) is 5.88. The normalized spacial score (nSPS) is 12.2.